The summed E-state index contributed by atoms with van der Waals surface area (Å²) < 4.78 is 24.4. The van der Waals surface area contributed by atoms with E-state index in [2.05, 4.69) is 16.3 Å². The summed E-state index contributed by atoms with van der Waals surface area (Å²) in [6, 6.07) is 21.2. The Labute approximate surface area is 181 Å². The molecule has 3 aromatic carbocycles. The van der Waals surface area contributed by atoms with Crippen LogP contribution in [0.2, 0.25) is 0 Å². The van der Waals surface area contributed by atoms with Crippen molar-refractivity contribution in [2.24, 2.45) is 0 Å². The monoisotopic (exact) mass is 420 g/mol. The molecule has 0 bridgehead atoms. The first-order chi connectivity index (χ1) is 15.1. The number of ether oxygens (including phenoxy) is 2. The van der Waals surface area contributed by atoms with E-state index in [1.54, 1.807) is 7.11 Å². The number of carbonyl (C=O) groups is 1. The number of nitrogens with one attached hydrogen (secondary N) is 1. The van der Waals surface area contributed by atoms with Crippen LogP contribution in [0.15, 0.2) is 72.8 Å². The zero-order chi connectivity index (χ0) is 21.6. The molecule has 0 radical (unpaired) electrons. The van der Waals surface area contributed by atoms with Crippen LogP contribution in [0.25, 0.3) is 0 Å². The van der Waals surface area contributed by atoms with Gasteiger partial charge in [-0.05, 0) is 60.5 Å². The Kier molecular flexibility index (Phi) is 6.48. The first-order valence-corrected chi connectivity index (χ1v) is 10.3. The molecule has 1 saturated heterocycles. The van der Waals surface area contributed by atoms with Gasteiger partial charge in [-0.25, -0.2) is 4.39 Å². The maximum atomic E-state index is 13.0. The second kappa shape index (κ2) is 9.62. The van der Waals surface area contributed by atoms with Gasteiger partial charge in [0.05, 0.1) is 7.11 Å². The van der Waals surface area contributed by atoms with E-state index in [1.165, 1.54) is 24.3 Å². The van der Waals surface area contributed by atoms with Crippen LogP contribution >= 0.6 is 0 Å². The van der Waals surface area contributed by atoms with Gasteiger partial charge >= 0.3 is 0 Å². The number of nitrogens with zero attached hydrogens (tertiary/aromatic N) is 1. The Morgan fingerprint density at radius 1 is 1.06 bits per heavy atom. The summed E-state index contributed by atoms with van der Waals surface area (Å²) in [6.45, 7) is 2.43. The van der Waals surface area contributed by atoms with Gasteiger partial charge in [0.1, 0.15) is 11.6 Å². The molecule has 1 fully saturated rings. The molecule has 31 heavy (non-hydrogen) atoms. The largest absolute Gasteiger partial charge is 0.493 e. The van der Waals surface area contributed by atoms with Crippen molar-refractivity contribution in [3.63, 3.8) is 0 Å². The second-order valence-electron chi connectivity index (χ2n) is 7.60. The highest BCUT2D eigenvalue weighted by atomic mass is 19.1. The average molecular weight is 420 g/mol. The van der Waals surface area contributed by atoms with Crippen LogP contribution in [0.1, 0.15) is 22.3 Å². The Balaban J connectivity index is 1.33. The Bertz CT molecular complexity index is 1040. The Morgan fingerprint density at radius 2 is 1.84 bits per heavy atom. The number of benzene rings is 3. The lowest BCUT2D eigenvalue weighted by molar-refractivity contribution is 0.0937. The Morgan fingerprint density at radius 3 is 2.61 bits per heavy atom. The lowest BCUT2D eigenvalue weighted by Gasteiger charge is -2.17. The smallest absolute Gasteiger partial charge is 0.251 e. The quantitative estimate of drug-likeness (QED) is 0.606. The molecule has 0 aromatic heterocycles. The molecule has 1 atom stereocenters. The molecule has 0 spiro atoms. The summed E-state index contributed by atoms with van der Waals surface area (Å²) in [5.74, 6) is 1.60. The van der Waals surface area contributed by atoms with Gasteiger partial charge in [-0.15, -0.1) is 0 Å². The van der Waals surface area contributed by atoms with Gasteiger partial charge in [0, 0.05) is 31.2 Å². The minimum absolute atomic E-state index is 0.0746. The maximum Gasteiger partial charge on any atom is 0.251 e. The summed E-state index contributed by atoms with van der Waals surface area (Å²) in [6.07, 6.45) is 0.879. The highest BCUT2D eigenvalue weighted by Crippen LogP contribution is 2.31. The predicted octanol–water partition coefficient (Wildman–Crippen LogP) is 4.63. The summed E-state index contributed by atoms with van der Waals surface area (Å²) in [4.78, 5) is 14.7. The minimum Gasteiger partial charge on any atom is -0.493 e. The third-order valence-electron chi connectivity index (χ3n) is 5.32. The van der Waals surface area contributed by atoms with Crippen molar-refractivity contribution in [3.05, 3.63) is 89.7 Å². The first kappa shape index (κ1) is 20.9. The van der Waals surface area contributed by atoms with Gasteiger partial charge in [0.15, 0.2) is 11.5 Å². The molecule has 5 nitrogen and oxygen atoms in total. The third kappa shape index (κ3) is 5.41. The lowest BCUT2D eigenvalue weighted by atomic mass is 10.2. The van der Waals surface area contributed by atoms with Crippen molar-refractivity contribution in [1.29, 1.82) is 0 Å². The molecule has 6 heteroatoms. The third-order valence-corrected chi connectivity index (χ3v) is 5.32. The molecule has 160 valence electrons. The summed E-state index contributed by atoms with van der Waals surface area (Å²) >= 11 is 0. The second-order valence-corrected chi connectivity index (χ2v) is 7.60. The SMILES string of the molecule is COc1ccccc1Oc1cccc(CN2CC[C@H](NC(=O)c3ccc(F)cc3)C2)c1. The van der Waals surface area contributed by atoms with Crippen molar-refractivity contribution >= 4 is 5.91 Å². The number of para-hydroxylation sites is 2. The van der Waals surface area contributed by atoms with Crippen LogP contribution in [-0.4, -0.2) is 37.0 Å². The molecule has 0 unspecified atom stereocenters. The van der Waals surface area contributed by atoms with E-state index in [4.69, 9.17) is 9.47 Å². The van der Waals surface area contributed by atoms with Crippen molar-refractivity contribution < 1.29 is 18.7 Å². The highest BCUT2D eigenvalue weighted by Gasteiger charge is 2.24. The molecule has 1 aliphatic heterocycles. The average Bonchev–Trinajstić information content (AvgIpc) is 3.21. The van der Waals surface area contributed by atoms with E-state index in [0.717, 1.165) is 37.4 Å². The number of hydrogen-bond donors (Lipinski definition) is 1. The van der Waals surface area contributed by atoms with Crippen LogP contribution in [0.3, 0.4) is 0 Å². The molecule has 1 N–H and O–H groups in total. The van der Waals surface area contributed by atoms with E-state index in [0.29, 0.717) is 17.1 Å². The summed E-state index contributed by atoms with van der Waals surface area (Å²) in [5.41, 5.74) is 1.61. The maximum absolute atomic E-state index is 13.0. The van der Waals surface area contributed by atoms with Crippen LogP contribution in [0.5, 0.6) is 17.2 Å². The molecule has 1 heterocycles. The van der Waals surface area contributed by atoms with Crippen molar-refractivity contribution in [1.82, 2.24) is 10.2 Å². The van der Waals surface area contributed by atoms with E-state index < -0.39 is 0 Å². The minimum atomic E-state index is -0.347. The van der Waals surface area contributed by atoms with Crippen molar-refractivity contribution in [2.45, 2.75) is 19.0 Å². The zero-order valence-electron chi connectivity index (χ0n) is 17.4. The molecule has 0 saturated carbocycles. The Hall–Kier alpha value is -3.38. The van der Waals surface area contributed by atoms with E-state index in [9.17, 15) is 9.18 Å². The number of methoxy groups -OCH3 is 1. The molecular formula is C25H25FN2O3. The fourth-order valence-corrected chi connectivity index (χ4v) is 3.76. The number of likely N-dealkylation sites (tertiary alicyclic amines) is 1. The van der Waals surface area contributed by atoms with Gasteiger partial charge in [-0.1, -0.05) is 24.3 Å². The van der Waals surface area contributed by atoms with Gasteiger partial charge in [0.2, 0.25) is 0 Å². The van der Waals surface area contributed by atoms with Crippen molar-refractivity contribution in [2.75, 3.05) is 20.2 Å². The molecular weight excluding hydrogens is 395 g/mol. The van der Waals surface area contributed by atoms with Crippen LogP contribution in [-0.2, 0) is 6.54 Å². The van der Waals surface area contributed by atoms with Gasteiger partial charge in [-0.3, -0.25) is 9.69 Å². The number of hydrogen-bond acceptors (Lipinski definition) is 4. The van der Waals surface area contributed by atoms with Crippen LogP contribution < -0.4 is 14.8 Å². The van der Waals surface area contributed by atoms with Gasteiger partial charge in [0.25, 0.3) is 5.91 Å². The molecule has 3 aromatic rings. The summed E-state index contributed by atoms with van der Waals surface area (Å²) in [5, 5.41) is 3.05. The molecule has 1 aliphatic rings. The van der Waals surface area contributed by atoms with E-state index in [-0.39, 0.29) is 17.8 Å². The molecule has 4 rings (SSSR count). The number of amides is 1. The summed E-state index contributed by atoms with van der Waals surface area (Å²) in [7, 11) is 1.62. The zero-order valence-corrected chi connectivity index (χ0v) is 17.4. The fraction of sp³-hybridized carbons (Fsp3) is 0.240. The lowest BCUT2D eigenvalue weighted by Crippen LogP contribution is -2.36. The highest BCUT2D eigenvalue weighted by molar-refractivity contribution is 5.94. The normalized spacial score (nSPS) is 16.1. The predicted molar refractivity (Wildman–Crippen MR) is 117 cm³/mol. The molecule has 0 aliphatic carbocycles. The van der Waals surface area contributed by atoms with E-state index in [1.807, 2.05) is 42.5 Å². The number of carbonyl (C=O) groups excluding carboxylic acids is 1. The number of rotatable bonds is 7. The first-order valence-electron chi connectivity index (χ1n) is 10.3. The standard InChI is InChI=1S/C25H25FN2O3/c1-30-23-7-2-3-8-24(23)31-22-6-4-5-18(15-22)16-28-14-13-21(17-28)27-25(29)19-9-11-20(26)12-10-19/h2-12,15,21H,13-14,16-17H2,1H3,(H,27,29)/t21-/m0/s1. The van der Waals surface area contributed by atoms with Gasteiger partial charge < -0.3 is 14.8 Å². The topological polar surface area (TPSA) is 50.8 Å². The van der Waals surface area contributed by atoms with Gasteiger partial charge in [-0.2, -0.15) is 0 Å². The van der Waals surface area contributed by atoms with E-state index >= 15 is 0 Å². The molecule has 1 amide bonds. The number of halogens is 1. The van der Waals surface area contributed by atoms with Crippen molar-refractivity contribution in [3.8, 4) is 17.2 Å². The van der Waals surface area contributed by atoms with Crippen LogP contribution in [0, 0.1) is 5.82 Å². The fourth-order valence-electron chi connectivity index (χ4n) is 3.76. The van der Waals surface area contributed by atoms with Crippen LogP contribution in [0.4, 0.5) is 4.39 Å².